The fourth-order valence-corrected chi connectivity index (χ4v) is 3.54. The number of nitrogens with zero attached hydrogens (tertiary/aromatic N) is 2. The smallest absolute Gasteiger partial charge is 0.222 e. The lowest BCUT2D eigenvalue weighted by molar-refractivity contribution is 0.416. The summed E-state index contributed by atoms with van der Waals surface area (Å²) in [5, 5.41) is 19.3. The van der Waals surface area contributed by atoms with E-state index in [1.807, 2.05) is 24.3 Å². The summed E-state index contributed by atoms with van der Waals surface area (Å²) >= 11 is 0. The number of para-hydroxylation sites is 1. The standard InChI is InChI=1S/C22H22FN3O2/c1-22(2,3)20-17-18(24-25-20)21(27)26(14-11-9-13(23)10-12-14)19(17)15-7-5-6-8-16(15)28-4/h5-12,24,27H,1-4H3. The van der Waals surface area contributed by atoms with Crippen molar-refractivity contribution in [2.45, 2.75) is 26.2 Å². The molecule has 2 aromatic heterocycles. The van der Waals surface area contributed by atoms with Gasteiger partial charge in [0.15, 0.2) is 0 Å². The second-order valence-corrected chi connectivity index (χ2v) is 7.76. The lowest BCUT2D eigenvalue weighted by atomic mass is 9.89. The first-order valence-electron chi connectivity index (χ1n) is 9.04. The highest BCUT2D eigenvalue weighted by Crippen LogP contribution is 2.45. The van der Waals surface area contributed by atoms with Gasteiger partial charge in [-0.15, -0.1) is 0 Å². The number of benzene rings is 2. The van der Waals surface area contributed by atoms with Crippen molar-refractivity contribution >= 4 is 10.9 Å². The molecule has 0 aliphatic carbocycles. The van der Waals surface area contributed by atoms with Crippen molar-refractivity contribution in [3.8, 4) is 28.6 Å². The van der Waals surface area contributed by atoms with Crippen molar-refractivity contribution in [1.82, 2.24) is 14.8 Å². The molecule has 0 fully saturated rings. The third kappa shape index (κ3) is 2.72. The van der Waals surface area contributed by atoms with Gasteiger partial charge in [-0.25, -0.2) is 4.39 Å². The SMILES string of the molecule is COc1ccccc1-c1c2c(C(C)(C)C)n[nH]c2c(O)n1-c1ccc(F)cc1. The maximum Gasteiger partial charge on any atom is 0.222 e. The second-order valence-electron chi connectivity index (χ2n) is 7.76. The highest BCUT2D eigenvalue weighted by atomic mass is 19.1. The van der Waals surface area contributed by atoms with Crippen LogP contribution in [0.5, 0.6) is 11.6 Å². The lowest BCUT2D eigenvalue weighted by Crippen LogP contribution is -2.12. The number of aromatic amines is 1. The number of ether oxygens (including phenoxy) is 1. The third-order valence-corrected chi connectivity index (χ3v) is 4.82. The maximum atomic E-state index is 13.5. The van der Waals surface area contributed by atoms with Crippen LogP contribution in [0.1, 0.15) is 26.5 Å². The van der Waals surface area contributed by atoms with Gasteiger partial charge in [-0.05, 0) is 36.4 Å². The van der Waals surface area contributed by atoms with Crippen molar-refractivity contribution in [2.75, 3.05) is 7.11 Å². The van der Waals surface area contributed by atoms with E-state index >= 15 is 0 Å². The third-order valence-electron chi connectivity index (χ3n) is 4.82. The van der Waals surface area contributed by atoms with Crippen LogP contribution in [0.25, 0.3) is 27.8 Å². The van der Waals surface area contributed by atoms with E-state index < -0.39 is 0 Å². The fraction of sp³-hybridized carbons (Fsp3) is 0.227. The predicted octanol–water partition coefficient (Wildman–Crippen LogP) is 5.17. The molecule has 28 heavy (non-hydrogen) atoms. The molecule has 144 valence electrons. The highest BCUT2D eigenvalue weighted by molar-refractivity contribution is 6.02. The molecule has 2 N–H and O–H groups in total. The zero-order valence-corrected chi connectivity index (χ0v) is 16.2. The molecule has 2 aromatic carbocycles. The molecule has 2 heterocycles. The Kier molecular flexibility index (Phi) is 4.14. The number of rotatable bonds is 3. The number of hydrogen-bond acceptors (Lipinski definition) is 3. The van der Waals surface area contributed by atoms with Crippen LogP contribution in [-0.2, 0) is 5.41 Å². The average molecular weight is 379 g/mol. The van der Waals surface area contributed by atoms with Gasteiger partial charge in [-0.1, -0.05) is 32.9 Å². The molecule has 0 spiro atoms. The van der Waals surface area contributed by atoms with E-state index in [-0.39, 0.29) is 17.1 Å². The van der Waals surface area contributed by atoms with Gasteiger partial charge in [0.25, 0.3) is 0 Å². The Morgan fingerprint density at radius 1 is 1.07 bits per heavy atom. The van der Waals surface area contributed by atoms with Gasteiger partial charge in [0, 0.05) is 16.7 Å². The van der Waals surface area contributed by atoms with Gasteiger partial charge < -0.3 is 9.84 Å². The van der Waals surface area contributed by atoms with Gasteiger partial charge in [0.05, 0.1) is 23.9 Å². The number of methoxy groups -OCH3 is 1. The van der Waals surface area contributed by atoms with E-state index in [0.717, 1.165) is 22.3 Å². The maximum absolute atomic E-state index is 13.5. The quantitative estimate of drug-likeness (QED) is 0.516. The number of H-pyrrole nitrogens is 1. The lowest BCUT2D eigenvalue weighted by Gasteiger charge is -2.18. The number of fused-ring (bicyclic) bond motifs is 1. The van der Waals surface area contributed by atoms with Gasteiger partial charge >= 0.3 is 0 Å². The minimum Gasteiger partial charge on any atom is -0.496 e. The largest absolute Gasteiger partial charge is 0.496 e. The molecule has 0 atom stereocenters. The molecule has 0 saturated carbocycles. The van der Waals surface area contributed by atoms with E-state index in [1.54, 1.807) is 23.8 Å². The molecule has 6 heteroatoms. The summed E-state index contributed by atoms with van der Waals surface area (Å²) < 4.78 is 20.8. The summed E-state index contributed by atoms with van der Waals surface area (Å²) in [5.41, 5.74) is 3.32. The Hall–Kier alpha value is -3.28. The monoisotopic (exact) mass is 379 g/mol. The van der Waals surface area contributed by atoms with Crippen molar-refractivity contribution in [3.63, 3.8) is 0 Å². The number of halogens is 1. The zero-order chi connectivity index (χ0) is 20.1. The van der Waals surface area contributed by atoms with E-state index in [2.05, 4.69) is 31.0 Å². The van der Waals surface area contributed by atoms with Gasteiger partial charge in [-0.2, -0.15) is 5.10 Å². The van der Waals surface area contributed by atoms with Gasteiger partial charge in [-0.3, -0.25) is 9.67 Å². The summed E-state index contributed by atoms with van der Waals surface area (Å²) in [6.07, 6.45) is 0. The number of hydrogen-bond donors (Lipinski definition) is 2. The molecule has 0 unspecified atom stereocenters. The first-order valence-corrected chi connectivity index (χ1v) is 9.04. The second kappa shape index (κ2) is 6.41. The summed E-state index contributed by atoms with van der Waals surface area (Å²) in [7, 11) is 1.61. The molecule has 5 nitrogen and oxygen atoms in total. The molecular formula is C22H22FN3O2. The summed E-state index contributed by atoms with van der Waals surface area (Å²) in [6.45, 7) is 6.21. The Morgan fingerprint density at radius 3 is 2.39 bits per heavy atom. The van der Waals surface area contributed by atoms with E-state index in [1.165, 1.54) is 12.1 Å². The minimum absolute atomic E-state index is 0.0190. The number of aromatic nitrogens is 3. The van der Waals surface area contributed by atoms with E-state index in [4.69, 9.17) is 4.74 Å². The van der Waals surface area contributed by atoms with Crippen LogP contribution in [-0.4, -0.2) is 27.0 Å². The Morgan fingerprint density at radius 2 is 1.75 bits per heavy atom. The van der Waals surface area contributed by atoms with Crippen LogP contribution < -0.4 is 4.74 Å². The van der Waals surface area contributed by atoms with Crippen LogP contribution in [0.3, 0.4) is 0 Å². The van der Waals surface area contributed by atoms with Crippen LogP contribution in [0.4, 0.5) is 4.39 Å². The summed E-state index contributed by atoms with van der Waals surface area (Å²) in [5.74, 6) is 0.355. The van der Waals surface area contributed by atoms with Crippen LogP contribution >= 0.6 is 0 Å². The van der Waals surface area contributed by atoms with Crippen molar-refractivity contribution in [3.05, 3.63) is 60.0 Å². The fourth-order valence-electron chi connectivity index (χ4n) is 3.54. The molecule has 0 bridgehead atoms. The topological polar surface area (TPSA) is 63.1 Å². The predicted molar refractivity (Wildman–Crippen MR) is 108 cm³/mol. The molecule has 0 aliphatic rings. The normalized spacial score (nSPS) is 11.9. The molecular weight excluding hydrogens is 357 g/mol. The van der Waals surface area contributed by atoms with Crippen molar-refractivity contribution in [1.29, 1.82) is 0 Å². The summed E-state index contributed by atoms with van der Waals surface area (Å²) in [6, 6.07) is 13.6. The minimum atomic E-state index is -0.336. The molecule has 4 rings (SSSR count). The Labute approximate surface area is 162 Å². The summed E-state index contributed by atoms with van der Waals surface area (Å²) in [4.78, 5) is 0. The molecule has 0 saturated heterocycles. The number of aromatic hydroxyl groups is 1. The molecule has 0 aliphatic heterocycles. The average Bonchev–Trinajstić information content (AvgIpc) is 3.22. The highest BCUT2D eigenvalue weighted by Gasteiger charge is 2.30. The van der Waals surface area contributed by atoms with Crippen molar-refractivity contribution < 1.29 is 14.2 Å². The first kappa shape index (κ1) is 18.1. The van der Waals surface area contributed by atoms with Crippen molar-refractivity contribution in [2.24, 2.45) is 0 Å². The molecule has 0 radical (unpaired) electrons. The zero-order valence-electron chi connectivity index (χ0n) is 16.2. The molecule has 4 aromatic rings. The van der Waals surface area contributed by atoms with Gasteiger partial charge in [0.1, 0.15) is 17.1 Å². The van der Waals surface area contributed by atoms with Gasteiger partial charge in [0.2, 0.25) is 5.88 Å². The molecule has 0 amide bonds. The van der Waals surface area contributed by atoms with E-state index in [9.17, 15) is 9.50 Å². The van der Waals surface area contributed by atoms with Crippen LogP contribution in [0.15, 0.2) is 48.5 Å². The van der Waals surface area contributed by atoms with Crippen LogP contribution in [0.2, 0.25) is 0 Å². The number of nitrogens with one attached hydrogen (secondary N) is 1. The Balaban J connectivity index is 2.16. The Bertz CT molecular complexity index is 1150. The first-order chi connectivity index (χ1) is 13.3. The van der Waals surface area contributed by atoms with E-state index in [0.29, 0.717) is 17.0 Å². The van der Waals surface area contributed by atoms with Crippen LogP contribution in [0, 0.1) is 5.82 Å².